The summed E-state index contributed by atoms with van der Waals surface area (Å²) in [7, 11) is 0. The number of rotatable bonds is 5. The molecule has 1 saturated heterocycles. The molecule has 0 aromatic carbocycles. The Balaban J connectivity index is 1.32. The summed E-state index contributed by atoms with van der Waals surface area (Å²) in [4.78, 5) is 18.4. The summed E-state index contributed by atoms with van der Waals surface area (Å²) in [6.45, 7) is 7.83. The Labute approximate surface area is 169 Å². The summed E-state index contributed by atoms with van der Waals surface area (Å²) in [5, 5.41) is 4.38. The number of aryl methyl sites for hydroxylation is 1. The van der Waals surface area contributed by atoms with Gasteiger partial charge in [0.05, 0.1) is 18.1 Å². The van der Waals surface area contributed by atoms with Crippen LogP contribution >= 0.6 is 0 Å². The Morgan fingerprint density at radius 1 is 1.00 bits per heavy atom. The van der Waals surface area contributed by atoms with Crippen molar-refractivity contribution in [1.29, 1.82) is 0 Å². The minimum absolute atomic E-state index is 0.893. The van der Waals surface area contributed by atoms with Gasteiger partial charge in [-0.25, -0.2) is 9.97 Å². The first-order valence-corrected chi connectivity index (χ1v) is 10.0. The van der Waals surface area contributed by atoms with E-state index in [9.17, 15) is 0 Å². The Morgan fingerprint density at radius 3 is 2.66 bits per heavy atom. The first kappa shape index (κ1) is 17.8. The molecule has 148 valence electrons. The molecule has 0 bridgehead atoms. The van der Waals surface area contributed by atoms with Crippen LogP contribution in [0, 0.1) is 0 Å². The zero-order valence-electron chi connectivity index (χ0n) is 16.5. The van der Waals surface area contributed by atoms with E-state index in [2.05, 4.69) is 53.4 Å². The van der Waals surface area contributed by atoms with Crippen LogP contribution in [0.4, 0.5) is 5.82 Å². The summed E-state index contributed by atoms with van der Waals surface area (Å²) in [5.74, 6) is 0.945. The Hall–Kier alpha value is -3.26. The third-order valence-corrected chi connectivity index (χ3v) is 5.46. The van der Waals surface area contributed by atoms with E-state index in [0.717, 1.165) is 62.0 Å². The molecule has 4 aromatic rings. The lowest BCUT2D eigenvalue weighted by Crippen LogP contribution is -2.46. The molecule has 8 heteroatoms. The molecule has 0 spiro atoms. The van der Waals surface area contributed by atoms with E-state index in [0.29, 0.717) is 0 Å². The number of anilines is 1. The van der Waals surface area contributed by atoms with E-state index in [1.807, 2.05) is 41.7 Å². The molecule has 0 N–H and O–H groups in total. The molecular formula is C21H24N8. The van der Waals surface area contributed by atoms with Gasteiger partial charge in [0.2, 0.25) is 0 Å². The zero-order valence-corrected chi connectivity index (χ0v) is 16.5. The molecule has 1 fully saturated rings. The topological polar surface area (TPSA) is 67.4 Å². The van der Waals surface area contributed by atoms with Gasteiger partial charge in [0, 0.05) is 81.4 Å². The monoisotopic (exact) mass is 388 g/mol. The van der Waals surface area contributed by atoms with Gasteiger partial charge in [-0.3, -0.25) is 19.0 Å². The Bertz CT molecular complexity index is 1090. The maximum atomic E-state index is 4.68. The van der Waals surface area contributed by atoms with E-state index >= 15 is 0 Å². The van der Waals surface area contributed by atoms with Crippen LogP contribution in [0.3, 0.4) is 0 Å². The van der Waals surface area contributed by atoms with Gasteiger partial charge in [-0.05, 0) is 19.1 Å². The first-order valence-electron chi connectivity index (χ1n) is 10.0. The molecule has 0 amide bonds. The van der Waals surface area contributed by atoms with Crippen molar-refractivity contribution in [3.63, 3.8) is 0 Å². The molecule has 1 aliphatic heterocycles. The van der Waals surface area contributed by atoms with Crippen molar-refractivity contribution in [2.24, 2.45) is 0 Å². The smallest absolute Gasteiger partial charge is 0.180 e. The van der Waals surface area contributed by atoms with Crippen LogP contribution < -0.4 is 4.90 Å². The maximum Gasteiger partial charge on any atom is 0.180 e. The van der Waals surface area contributed by atoms with Crippen LogP contribution in [-0.2, 0) is 13.1 Å². The molecule has 0 unspecified atom stereocenters. The van der Waals surface area contributed by atoms with Gasteiger partial charge in [-0.15, -0.1) is 0 Å². The summed E-state index contributed by atoms with van der Waals surface area (Å²) in [6, 6.07) is 4.00. The lowest BCUT2D eigenvalue weighted by Gasteiger charge is -2.35. The molecule has 8 nitrogen and oxygen atoms in total. The Kier molecular flexibility index (Phi) is 4.69. The largest absolute Gasteiger partial charge is 0.351 e. The highest BCUT2D eigenvalue weighted by molar-refractivity contribution is 5.71. The maximum absolute atomic E-state index is 4.68. The summed E-state index contributed by atoms with van der Waals surface area (Å²) in [5.41, 5.74) is 4.25. The number of pyridine rings is 1. The molecule has 0 saturated carbocycles. The van der Waals surface area contributed by atoms with Crippen LogP contribution in [0.2, 0.25) is 0 Å². The van der Waals surface area contributed by atoms with Gasteiger partial charge < -0.3 is 4.90 Å². The fourth-order valence-corrected chi connectivity index (χ4v) is 3.89. The lowest BCUT2D eigenvalue weighted by atomic mass is 10.2. The molecule has 0 radical (unpaired) electrons. The van der Waals surface area contributed by atoms with Crippen molar-refractivity contribution in [3.05, 3.63) is 61.1 Å². The highest BCUT2D eigenvalue weighted by Gasteiger charge is 2.21. The highest BCUT2D eigenvalue weighted by atomic mass is 15.3. The van der Waals surface area contributed by atoms with Gasteiger partial charge in [-0.2, -0.15) is 5.10 Å². The number of imidazole rings is 1. The van der Waals surface area contributed by atoms with E-state index in [1.54, 1.807) is 6.20 Å². The fourth-order valence-electron chi connectivity index (χ4n) is 3.89. The van der Waals surface area contributed by atoms with Crippen molar-refractivity contribution < 1.29 is 0 Å². The molecule has 0 atom stereocenters. The third-order valence-electron chi connectivity index (χ3n) is 5.46. The lowest BCUT2D eigenvalue weighted by molar-refractivity contribution is 0.249. The van der Waals surface area contributed by atoms with Gasteiger partial charge in [0.1, 0.15) is 0 Å². The normalized spacial score (nSPS) is 15.3. The number of piperazine rings is 1. The van der Waals surface area contributed by atoms with E-state index < -0.39 is 0 Å². The van der Waals surface area contributed by atoms with Crippen LogP contribution in [0.5, 0.6) is 0 Å². The molecule has 5 heterocycles. The molecule has 0 aliphatic carbocycles. The SMILES string of the molecule is CCn1cc(CN2CCN(c3nccn4c(-c5cccnc5)cnc34)CC2)cn1. The average Bonchev–Trinajstić information content (AvgIpc) is 3.41. The number of nitrogens with zero attached hydrogens (tertiary/aromatic N) is 8. The standard InChI is InChI=1S/C21H24N8/c1-2-28-16-17(12-25-28)15-26-8-10-27(11-9-26)20-21-24-14-19(29(21)7-6-23-20)18-4-3-5-22-13-18/h3-7,12-14,16H,2,8-11,15H2,1H3. The van der Waals surface area contributed by atoms with E-state index in [4.69, 9.17) is 0 Å². The number of aromatic nitrogens is 6. The van der Waals surface area contributed by atoms with Gasteiger partial charge in [0.25, 0.3) is 0 Å². The minimum Gasteiger partial charge on any atom is -0.351 e. The number of hydrogen-bond acceptors (Lipinski definition) is 6. The molecule has 29 heavy (non-hydrogen) atoms. The zero-order chi connectivity index (χ0) is 19.6. The molecular weight excluding hydrogens is 364 g/mol. The van der Waals surface area contributed by atoms with Crippen molar-refractivity contribution >= 4 is 11.5 Å². The van der Waals surface area contributed by atoms with Gasteiger partial charge in [0.15, 0.2) is 11.5 Å². The quantitative estimate of drug-likeness (QED) is 0.523. The molecule has 1 aliphatic rings. The van der Waals surface area contributed by atoms with Crippen molar-refractivity contribution in [2.45, 2.75) is 20.0 Å². The predicted molar refractivity (Wildman–Crippen MR) is 112 cm³/mol. The van der Waals surface area contributed by atoms with Crippen LogP contribution in [0.25, 0.3) is 16.9 Å². The first-order chi connectivity index (χ1) is 14.3. The van der Waals surface area contributed by atoms with Crippen LogP contribution in [0.1, 0.15) is 12.5 Å². The highest BCUT2D eigenvalue weighted by Crippen LogP contribution is 2.25. The van der Waals surface area contributed by atoms with Crippen molar-refractivity contribution in [3.8, 4) is 11.3 Å². The average molecular weight is 388 g/mol. The van der Waals surface area contributed by atoms with Crippen molar-refractivity contribution in [1.82, 2.24) is 34.0 Å². The Morgan fingerprint density at radius 2 is 1.90 bits per heavy atom. The second kappa shape index (κ2) is 7.63. The van der Waals surface area contributed by atoms with Crippen LogP contribution in [-0.4, -0.2) is 60.2 Å². The minimum atomic E-state index is 0.893. The van der Waals surface area contributed by atoms with Crippen LogP contribution in [0.15, 0.2) is 55.5 Å². The third kappa shape index (κ3) is 3.47. The predicted octanol–water partition coefficient (Wildman–Crippen LogP) is 2.33. The van der Waals surface area contributed by atoms with E-state index in [-0.39, 0.29) is 0 Å². The van der Waals surface area contributed by atoms with Gasteiger partial charge in [-0.1, -0.05) is 0 Å². The fraction of sp³-hybridized carbons (Fsp3) is 0.333. The van der Waals surface area contributed by atoms with E-state index in [1.165, 1.54) is 5.56 Å². The second-order valence-electron chi connectivity index (χ2n) is 7.30. The number of hydrogen-bond donors (Lipinski definition) is 0. The summed E-state index contributed by atoms with van der Waals surface area (Å²) < 4.78 is 4.08. The molecule has 5 rings (SSSR count). The summed E-state index contributed by atoms with van der Waals surface area (Å²) in [6.07, 6.45) is 13.5. The number of fused-ring (bicyclic) bond motifs is 1. The van der Waals surface area contributed by atoms with Gasteiger partial charge >= 0.3 is 0 Å². The second-order valence-corrected chi connectivity index (χ2v) is 7.30. The van der Waals surface area contributed by atoms with Crippen molar-refractivity contribution in [2.75, 3.05) is 31.1 Å². The molecule has 4 aromatic heterocycles. The summed E-state index contributed by atoms with van der Waals surface area (Å²) >= 11 is 0.